The number of alkyl halides is 3. The molecule has 10 heteroatoms. The fraction of sp³-hybridized carbons (Fsp3) is 0.207. The lowest BCUT2D eigenvalue weighted by Crippen LogP contribution is -2.41. The molecule has 1 heterocycles. The van der Waals surface area contributed by atoms with Crippen molar-refractivity contribution in [1.82, 2.24) is 14.7 Å². The molecular formula is C29H28F3N5O2. The van der Waals surface area contributed by atoms with Crippen molar-refractivity contribution in [1.29, 1.82) is 0 Å². The Balaban J connectivity index is 1.62. The number of aromatic nitrogens is 2. The third-order valence-corrected chi connectivity index (χ3v) is 6.20. The highest BCUT2D eigenvalue weighted by molar-refractivity contribution is 5.99. The summed E-state index contributed by atoms with van der Waals surface area (Å²) < 4.78 is 41.8. The number of nitrogens with one attached hydrogen (secondary N) is 2. The van der Waals surface area contributed by atoms with E-state index in [1.165, 1.54) is 18.2 Å². The molecule has 0 unspecified atom stereocenters. The molecule has 0 fully saturated rings. The number of urea groups is 1. The van der Waals surface area contributed by atoms with Crippen LogP contribution >= 0.6 is 0 Å². The van der Waals surface area contributed by atoms with Gasteiger partial charge < -0.3 is 15.5 Å². The fourth-order valence-corrected chi connectivity index (χ4v) is 4.27. The zero-order chi connectivity index (χ0) is 28.2. The molecule has 0 aliphatic rings. The Labute approximate surface area is 224 Å². The van der Waals surface area contributed by atoms with Gasteiger partial charge in [0, 0.05) is 12.1 Å². The smallest absolute Gasteiger partial charge is 0.315 e. The number of hydrogen-bond donors (Lipinski definition) is 2. The van der Waals surface area contributed by atoms with Gasteiger partial charge >= 0.3 is 12.2 Å². The Morgan fingerprint density at radius 3 is 2.21 bits per heavy atom. The van der Waals surface area contributed by atoms with Crippen LogP contribution in [0.5, 0.6) is 0 Å². The van der Waals surface area contributed by atoms with E-state index in [9.17, 15) is 22.8 Å². The van der Waals surface area contributed by atoms with Gasteiger partial charge in [0.25, 0.3) is 0 Å². The van der Waals surface area contributed by atoms with Gasteiger partial charge in [0.1, 0.15) is 12.4 Å². The molecular weight excluding hydrogens is 507 g/mol. The van der Waals surface area contributed by atoms with Crippen LogP contribution in [0, 0.1) is 13.8 Å². The van der Waals surface area contributed by atoms with E-state index >= 15 is 0 Å². The number of nitrogens with zero attached hydrogens (tertiary/aromatic N) is 3. The number of anilines is 2. The Morgan fingerprint density at radius 1 is 0.897 bits per heavy atom. The summed E-state index contributed by atoms with van der Waals surface area (Å²) in [7, 11) is 0. The van der Waals surface area contributed by atoms with Crippen LogP contribution in [0.15, 0.2) is 78.9 Å². The van der Waals surface area contributed by atoms with E-state index in [4.69, 9.17) is 5.10 Å². The number of halogens is 3. The average Bonchev–Trinajstić information content (AvgIpc) is 3.22. The number of carbonyl (C=O) groups excluding carboxylic acids is 2. The second-order valence-electron chi connectivity index (χ2n) is 8.91. The number of amides is 3. The second kappa shape index (κ2) is 11.4. The predicted molar refractivity (Wildman–Crippen MR) is 145 cm³/mol. The van der Waals surface area contributed by atoms with Gasteiger partial charge in [-0.05, 0) is 50.1 Å². The standard InChI is InChI=1S/C29H28F3N5O2/c1-4-36(28(39)33-23-16-10-9-15-22(23)29(30,31)32)18-25(38)34-27-26(21-13-6-5-7-14-21)20(3)35-37(27)24-17-11-8-12-19(24)2/h5-17H,4,18H2,1-3H3,(H,33,39)(H,34,38). The molecule has 1 aromatic heterocycles. The van der Waals surface area contributed by atoms with Gasteiger partial charge in [0.05, 0.1) is 22.6 Å². The van der Waals surface area contributed by atoms with Crippen LogP contribution in [-0.4, -0.2) is 39.7 Å². The summed E-state index contributed by atoms with van der Waals surface area (Å²) in [5, 5.41) is 9.89. The van der Waals surface area contributed by atoms with Crippen molar-refractivity contribution in [2.75, 3.05) is 23.7 Å². The van der Waals surface area contributed by atoms with Crippen LogP contribution < -0.4 is 10.6 Å². The number of para-hydroxylation sites is 2. The zero-order valence-corrected chi connectivity index (χ0v) is 21.7. The van der Waals surface area contributed by atoms with Crippen molar-refractivity contribution in [2.24, 2.45) is 0 Å². The molecule has 202 valence electrons. The van der Waals surface area contributed by atoms with Crippen LogP contribution in [-0.2, 0) is 11.0 Å². The minimum absolute atomic E-state index is 0.0923. The number of benzene rings is 3. The average molecular weight is 536 g/mol. The Hall–Kier alpha value is -4.60. The van der Waals surface area contributed by atoms with E-state index < -0.39 is 23.7 Å². The molecule has 0 radical (unpaired) electrons. The van der Waals surface area contributed by atoms with Crippen molar-refractivity contribution >= 4 is 23.4 Å². The molecule has 0 spiro atoms. The van der Waals surface area contributed by atoms with Crippen molar-refractivity contribution in [3.8, 4) is 16.8 Å². The van der Waals surface area contributed by atoms with Crippen LogP contribution in [0.3, 0.4) is 0 Å². The lowest BCUT2D eigenvalue weighted by Gasteiger charge is -2.22. The van der Waals surface area contributed by atoms with Gasteiger partial charge in [-0.25, -0.2) is 9.48 Å². The molecule has 7 nitrogen and oxygen atoms in total. The first-order chi connectivity index (χ1) is 18.6. The Kier molecular flexibility index (Phi) is 8.04. The minimum atomic E-state index is -4.64. The maximum absolute atomic E-state index is 13.4. The first kappa shape index (κ1) is 27.4. The largest absolute Gasteiger partial charge is 0.418 e. The maximum atomic E-state index is 13.4. The summed E-state index contributed by atoms with van der Waals surface area (Å²) in [6.45, 7) is 5.12. The van der Waals surface area contributed by atoms with Gasteiger partial charge in [-0.2, -0.15) is 18.3 Å². The van der Waals surface area contributed by atoms with Crippen molar-refractivity contribution in [3.05, 3.63) is 95.7 Å². The first-order valence-electron chi connectivity index (χ1n) is 12.3. The summed E-state index contributed by atoms with van der Waals surface area (Å²) in [6, 6.07) is 20.9. The molecule has 3 aromatic carbocycles. The number of likely N-dealkylation sites (N-methyl/N-ethyl adjacent to an activating group) is 1. The number of hydrogen-bond acceptors (Lipinski definition) is 3. The van der Waals surface area contributed by atoms with Gasteiger partial charge in [0.2, 0.25) is 5.91 Å². The van der Waals surface area contributed by atoms with Crippen LogP contribution in [0.1, 0.15) is 23.7 Å². The monoisotopic (exact) mass is 535 g/mol. The molecule has 0 saturated heterocycles. The number of rotatable bonds is 7. The summed E-state index contributed by atoms with van der Waals surface area (Å²) in [5.74, 6) is -0.0973. The van der Waals surface area contributed by atoms with Crippen LogP contribution in [0.2, 0.25) is 0 Å². The highest BCUT2D eigenvalue weighted by Gasteiger charge is 2.34. The van der Waals surface area contributed by atoms with Gasteiger partial charge in [-0.15, -0.1) is 0 Å². The third kappa shape index (κ3) is 6.11. The Bertz CT molecular complexity index is 1480. The molecule has 0 aliphatic carbocycles. The van der Waals surface area contributed by atoms with Crippen LogP contribution in [0.4, 0.5) is 29.5 Å². The summed E-state index contributed by atoms with van der Waals surface area (Å²) >= 11 is 0. The second-order valence-corrected chi connectivity index (χ2v) is 8.91. The molecule has 39 heavy (non-hydrogen) atoms. The topological polar surface area (TPSA) is 79.3 Å². The third-order valence-electron chi connectivity index (χ3n) is 6.20. The molecule has 2 N–H and O–H groups in total. The first-order valence-corrected chi connectivity index (χ1v) is 12.3. The summed E-state index contributed by atoms with van der Waals surface area (Å²) in [6.07, 6.45) is -4.64. The number of carbonyl (C=O) groups is 2. The maximum Gasteiger partial charge on any atom is 0.418 e. The van der Waals surface area contributed by atoms with Crippen molar-refractivity contribution in [3.63, 3.8) is 0 Å². The quantitative estimate of drug-likeness (QED) is 0.278. The van der Waals surface area contributed by atoms with E-state index in [0.717, 1.165) is 33.3 Å². The lowest BCUT2D eigenvalue weighted by atomic mass is 10.1. The molecule has 3 amide bonds. The van der Waals surface area contributed by atoms with Crippen molar-refractivity contribution < 1.29 is 22.8 Å². The van der Waals surface area contributed by atoms with Gasteiger partial charge in [-0.3, -0.25) is 4.79 Å². The predicted octanol–water partition coefficient (Wildman–Crippen LogP) is 6.67. The SMILES string of the molecule is CCN(CC(=O)Nc1c(-c2ccccc2)c(C)nn1-c1ccccc1C)C(=O)Nc1ccccc1C(F)(F)F. The molecule has 0 bridgehead atoms. The van der Waals surface area contributed by atoms with E-state index in [-0.39, 0.29) is 18.8 Å². The van der Waals surface area contributed by atoms with Crippen molar-refractivity contribution in [2.45, 2.75) is 26.9 Å². The summed E-state index contributed by atoms with van der Waals surface area (Å²) in [5.41, 5.74) is 2.61. The van der Waals surface area contributed by atoms with Gasteiger partial charge in [0.15, 0.2) is 0 Å². The van der Waals surface area contributed by atoms with E-state index in [2.05, 4.69) is 10.6 Å². The molecule has 0 aliphatic heterocycles. The molecule has 0 atom stereocenters. The highest BCUT2D eigenvalue weighted by atomic mass is 19.4. The van der Waals surface area contributed by atoms with E-state index in [1.807, 2.05) is 68.4 Å². The summed E-state index contributed by atoms with van der Waals surface area (Å²) in [4.78, 5) is 27.3. The van der Waals surface area contributed by atoms with E-state index in [0.29, 0.717) is 11.5 Å². The zero-order valence-electron chi connectivity index (χ0n) is 21.7. The van der Waals surface area contributed by atoms with Crippen LogP contribution in [0.25, 0.3) is 16.8 Å². The van der Waals surface area contributed by atoms with Gasteiger partial charge in [-0.1, -0.05) is 60.7 Å². The Morgan fingerprint density at radius 2 is 1.54 bits per heavy atom. The molecule has 4 aromatic rings. The normalized spacial score (nSPS) is 11.2. The number of aryl methyl sites for hydroxylation is 2. The highest BCUT2D eigenvalue weighted by Crippen LogP contribution is 2.35. The van der Waals surface area contributed by atoms with E-state index in [1.54, 1.807) is 11.6 Å². The molecule has 4 rings (SSSR count). The minimum Gasteiger partial charge on any atom is -0.315 e. The lowest BCUT2D eigenvalue weighted by molar-refractivity contribution is -0.137. The fourth-order valence-electron chi connectivity index (χ4n) is 4.27. The molecule has 0 saturated carbocycles.